The lowest BCUT2D eigenvalue weighted by Crippen LogP contribution is -2.07. The van der Waals surface area contributed by atoms with Crippen LogP contribution in [0.25, 0.3) is 11.3 Å². The average molecular weight is 449 g/mol. The summed E-state index contributed by atoms with van der Waals surface area (Å²) in [4.78, 5) is 6.11. The van der Waals surface area contributed by atoms with Crippen molar-refractivity contribution < 1.29 is 9.13 Å². The van der Waals surface area contributed by atoms with Gasteiger partial charge in [0.1, 0.15) is 28.9 Å². The Kier molecular flexibility index (Phi) is 6.38. The Hall–Kier alpha value is -2.66. The Morgan fingerprint density at radius 3 is 2.66 bits per heavy atom. The van der Waals surface area contributed by atoms with Gasteiger partial charge in [0.2, 0.25) is 5.06 Å². The molecule has 0 bridgehead atoms. The van der Waals surface area contributed by atoms with Crippen molar-refractivity contribution in [1.82, 2.24) is 9.27 Å². The van der Waals surface area contributed by atoms with Crippen LogP contribution in [-0.4, -0.2) is 29.7 Å². The number of rotatable bonds is 5. The van der Waals surface area contributed by atoms with Crippen LogP contribution in [0, 0.1) is 24.1 Å². The average Bonchev–Trinajstić information content (AvgIpc) is 3.05. The van der Waals surface area contributed by atoms with Gasteiger partial charge in [0.15, 0.2) is 0 Å². The van der Waals surface area contributed by atoms with Crippen molar-refractivity contribution in [2.75, 3.05) is 14.1 Å². The maximum absolute atomic E-state index is 13.3. The molecule has 0 spiro atoms. The Bertz CT molecular complexity index is 1140. The highest BCUT2D eigenvalue weighted by atomic mass is 35.5. The van der Waals surface area contributed by atoms with E-state index in [1.165, 1.54) is 18.2 Å². The molecule has 0 atom stereocenters. The minimum atomic E-state index is -0.466. The zero-order valence-electron chi connectivity index (χ0n) is 15.7. The highest BCUT2D eigenvalue weighted by molar-refractivity contribution is 7.08. The summed E-state index contributed by atoms with van der Waals surface area (Å²) in [6.45, 7) is 1.85. The highest BCUT2D eigenvalue weighted by Gasteiger charge is 2.20. The van der Waals surface area contributed by atoms with Gasteiger partial charge in [-0.2, -0.15) is 9.64 Å². The van der Waals surface area contributed by atoms with Gasteiger partial charge in [0, 0.05) is 37.3 Å². The molecule has 0 aliphatic carbocycles. The number of aliphatic imine (C=N–C) groups is 1. The standard InChI is InChI=1S/C20H15Cl2FN4OS/c1-11-6-17(25-10-27(2)3)16(22)8-18(11)28-20-14(9-24)19(26-29-20)13-5-4-12(23)7-15(13)21/h4-8,10H,1-3H3. The summed E-state index contributed by atoms with van der Waals surface area (Å²) in [5, 5.41) is 10.5. The quantitative estimate of drug-likeness (QED) is 0.332. The van der Waals surface area contributed by atoms with E-state index in [1.807, 2.05) is 21.0 Å². The Balaban J connectivity index is 1.97. The van der Waals surface area contributed by atoms with E-state index < -0.39 is 5.82 Å². The summed E-state index contributed by atoms with van der Waals surface area (Å²) in [5.74, 6) is 0.0157. The van der Waals surface area contributed by atoms with Crippen LogP contribution in [0.4, 0.5) is 10.1 Å². The van der Waals surface area contributed by atoms with Crippen LogP contribution >= 0.6 is 34.7 Å². The number of ether oxygens (including phenoxy) is 1. The van der Waals surface area contributed by atoms with E-state index in [2.05, 4.69) is 15.4 Å². The molecule has 1 heterocycles. The molecule has 0 fully saturated rings. The molecule has 0 amide bonds. The van der Waals surface area contributed by atoms with Gasteiger partial charge in [0.05, 0.1) is 22.1 Å². The van der Waals surface area contributed by atoms with Gasteiger partial charge < -0.3 is 9.64 Å². The molecule has 0 N–H and O–H groups in total. The van der Waals surface area contributed by atoms with Crippen LogP contribution in [0.3, 0.4) is 0 Å². The molecule has 5 nitrogen and oxygen atoms in total. The van der Waals surface area contributed by atoms with Crippen molar-refractivity contribution in [1.29, 1.82) is 5.26 Å². The first kappa shape index (κ1) is 21.1. The molecule has 0 aliphatic rings. The molecule has 3 rings (SSSR count). The molecular weight excluding hydrogens is 434 g/mol. The van der Waals surface area contributed by atoms with E-state index in [1.54, 1.807) is 23.4 Å². The molecule has 2 aromatic carbocycles. The van der Waals surface area contributed by atoms with Crippen LogP contribution in [0.15, 0.2) is 35.3 Å². The van der Waals surface area contributed by atoms with Crippen LogP contribution < -0.4 is 4.74 Å². The van der Waals surface area contributed by atoms with Gasteiger partial charge in [-0.05, 0) is 36.8 Å². The fourth-order valence-electron chi connectivity index (χ4n) is 2.44. The van der Waals surface area contributed by atoms with Crippen molar-refractivity contribution >= 4 is 46.8 Å². The summed E-state index contributed by atoms with van der Waals surface area (Å²) in [6, 6.07) is 9.45. The van der Waals surface area contributed by atoms with Crippen molar-refractivity contribution in [3.63, 3.8) is 0 Å². The number of aryl methyl sites for hydroxylation is 1. The molecule has 9 heteroatoms. The predicted molar refractivity (Wildman–Crippen MR) is 115 cm³/mol. The van der Waals surface area contributed by atoms with E-state index in [0.29, 0.717) is 32.8 Å². The molecule has 0 saturated carbocycles. The summed E-state index contributed by atoms with van der Waals surface area (Å²) >= 11 is 13.4. The van der Waals surface area contributed by atoms with Crippen molar-refractivity contribution in [3.05, 3.63) is 57.3 Å². The summed E-state index contributed by atoms with van der Waals surface area (Å²) in [5.41, 5.74) is 2.41. The molecule has 0 saturated heterocycles. The first-order valence-electron chi connectivity index (χ1n) is 8.34. The summed E-state index contributed by atoms with van der Waals surface area (Å²) < 4.78 is 23.6. The zero-order valence-corrected chi connectivity index (χ0v) is 18.0. The molecule has 3 aromatic rings. The number of benzene rings is 2. The van der Waals surface area contributed by atoms with E-state index in [0.717, 1.165) is 17.1 Å². The zero-order chi connectivity index (χ0) is 21.1. The minimum Gasteiger partial charge on any atom is -0.443 e. The number of nitriles is 1. The summed E-state index contributed by atoms with van der Waals surface area (Å²) in [6.07, 6.45) is 1.65. The predicted octanol–water partition coefficient (Wildman–Crippen LogP) is 6.45. The van der Waals surface area contributed by atoms with Crippen molar-refractivity contribution in [2.24, 2.45) is 4.99 Å². The number of hydrogen-bond donors (Lipinski definition) is 0. The Morgan fingerprint density at radius 1 is 1.24 bits per heavy atom. The first-order valence-corrected chi connectivity index (χ1v) is 9.87. The lowest BCUT2D eigenvalue weighted by atomic mass is 10.1. The number of hydrogen-bond acceptors (Lipinski definition) is 5. The smallest absolute Gasteiger partial charge is 0.218 e. The van der Waals surface area contributed by atoms with Gasteiger partial charge in [-0.3, -0.25) is 0 Å². The topological polar surface area (TPSA) is 61.5 Å². The van der Waals surface area contributed by atoms with Crippen LogP contribution in [0.1, 0.15) is 11.1 Å². The molecule has 29 heavy (non-hydrogen) atoms. The Labute approximate surface area is 181 Å². The molecule has 0 unspecified atom stereocenters. The van der Waals surface area contributed by atoms with Crippen LogP contribution in [-0.2, 0) is 0 Å². The maximum Gasteiger partial charge on any atom is 0.218 e. The third-order valence-corrected chi connectivity index (χ3v) is 5.18. The monoisotopic (exact) mass is 448 g/mol. The van der Waals surface area contributed by atoms with Crippen LogP contribution in [0.5, 0.6) is 10.8 Å². The summed E-state index contributed by atoms with van der Waals surface area (Å²) in [7, 11) is 3.72. The molecule has 148 valence electrons. The van der Waals surface area contributed by atoms with Gasteiger partial charge in [-0.25, -0.2) is 9.38 Å². The third-order valence-electron chi connectivity index (χ3n) is 3.83. The fraction of sp³-hybridized carbons (Fsp3) is 0.150. The Morgan fingerprint density at radius 2 is 2.00 bits per heavy atom. The third kappa shape index (κ3) is 4.67. The molecular formula is C20H15Cl2FN4OS. The van der Waals surface area contributed by atoms with Gasteiger partial charge in [0.25, 0.3) is 0 Å². The second-order valence-corrected chi connectivity index (χ2v) is 7.86. The van der Waals surface area contributed by atoms with E-state index in [4.69, 9.17) is 27.9 Å². The normalized spacial score (nSPS) is 10.9. The SMILES string of the molecule is Cc1cc(N=CN(C)C)c(Cl)cc1Oc1snc(-c2ccc(F)cc2Cl)c1C#N. The van der Waals surface area contributed by atoms with E-state index in [9.17, 15) is 9.65 Å². The highest BCUT2D eigenvalue weighted by Crippen LogP contribution is 2.41. The maximum atomic E-state index is 13.3. The second kappa shape index (κ2) is 8.78. The molecule has 1 aromatic heterocycles. The molecule has 0 radical (unpaired) electrons. The van der Waals surface area contributed by atoms with Crippen molar-refractivity contribution in [3.8, 4) is 28.1 Å². The second-order valence-electron chi connectivity index (χ2n) is 6.31. The molecule has 0 aliphatic heterocycles. The number of nitrogens with zero attached hydrogens (tertiary/aromatic N) is 4. The van der Waals surface area contributed by atoms with E-state index >= 15 is 0 Å². The van der Waals surface area contributed by atoms with Gasteiger partial charge in [-0.15, -0.1) is 0 Å². The fourth-order valence-corrected chi connectivity index (χ4v) is 3.63. The largest absolute Gasteiger partial charge is 0.443 e. The lowest BCUT2D eigenvalue weighted by molar-refractivity contribution is 0.491. The van der Waals surface area contributed by atoms with Gasteiger partial charge in [-0.1, -0.05) is 23.2 Å². The number of halogens is 3. The van der Waals surface area contributed by atoms with Crippen molar-refractivity contribution in [2.45, 2.75) is 6.92 Å². The van der Waals surface area contributed by atoms with E-state index in [-0.39, 0.29) is 10.6 Å². The van der Waals surface area contributed by atoms with Gasteiger partial charge >= 0.3 is 0 Å². The first-order chi connectivity index (χ1) is 13.8. The van der Waals surface area contributed by atoms with Crippen LogP contribution in [0.2, 0.25) is 10.0 Å². The number of aromatic nitrogens is 1. The minimum absolute atomic E-state index is 0.167. The lowest BCUT2D eigenvalue weighted by Gasteiger charge is -2.10.